The third kappa shape index (κ3) is 3.63. The maximum atomic E-state index is 12.6. The molecule has 2 aromatic rings. The van der Waals surface area contributed by atoms with Crippen molar-refractivity contribution in [1.82, 2.24) is 5.16 Å². The Kier molecular flexibility index (Phi) is 4.77. The second-order valence-corrected chi connectivity index (χ2v) is 8.23. The summed E-state index contributed by atoms with van der Waals surface area (Å²) in [6.45, 7) is 5.95. The van der Waals surface area contributed by atoms with Crippen LogP contribution in [0.5, 0.6) is 0 Å². The summed E-state index contributed by atoms with van der Waals surface area (Å²) in [5, 5.41) is 9.14. The standard InChI is InChI=1S/C22H22N4O4/c1-22(2,3)17-12-18(25-30-17)24-21(29)23-13-8-10-14(11-9-13)26-19(27)15-6-4-5-7-16(15)20(26)28/h4,6,8-12H,5,7H2,1-3H3,(H2,23,24,25,29). The van der Waals surface area contributed by atoms with Gasteiger partial charge in [-0.15, -0.1) is 0 Å². The number of benzene rings is 1. The average molecular weight is 406 g/mol. The van der Waals surface area contributed by atoms with E-state index in [0.29, 0.717) is 40.5 Å². The molecule has 8 heteroatoms. The molecule has 1 aromatic heterocycles. The molecule has 0 fully saturated rings. The van der Waals surface area contributed by atoms with Crippen molar-refractivity contribution in [2.75, 3.05) is 15.5 Å². The van der Waals surface area contributed by atoms with E-state index in [0.717, 1.165) is 6.42 Å². The van der Waals surface area contributed by atoms with Gasteiger partial charge in [0.2, 0.25) is 0 Å². The van der Waals surface area contributed by atoms with Crippen LogP contribution >= 0.6 is 0 Å². The number of allylic oxidation sites excluding steroid dienone is 1. The number of carbonyl (C=O) groups is 3. The van der Waals surface area contributed by atoms with Crippen LogP contribution in [0.15, 0.2) is 58.2 Å². The molecule has 0 radical (unpaired) electrons. The largest absolute Gasteiger partial charge is 0.359 e. The molecule has 2 N–H and O–H groups in total. The van der Waals surface area contributed by atoms with Crippen LogP contribution in [0.25, 0.3) is 0 Å². The quantitative estimate of drug-likeness (QED) is 0.746. The summed E-state index contributed by atoms with van der Waals surface area (Å²) in [4.78, 5) is 38.6. The highest BCUT2D eigenvalue weighted by atomic mass is 16.5. The maximum Gasteiger partial charge on any atom is 0.324 e. The van der Waals surface area contributed by atoms with Crippen molar-refractivity contribution in [3.05, 3.63) is 59.4 Å². The second kappa shape index (κ2) is 7.29. The lowest BCUT2D eigenvalue weighted by Crippen LogP contribution is -2.31. The van der Waals surface area contributed by atoms with Gasteiger partial charge in [0, 0.05) is 28.3 Å². The Morgan fingerprint density at radius 3 is 2.47 bits per heavy atom. The van der Waals surface area contributed by atoms with E-state index in [9.17, 15) is 14.4 Å². The zero-order valence-corrected chi connectivity index (χ0v) is 17.0. The first kappa shape index (κ1) is 19.6. The van der Waals surface area contributed by atoms with Crippen molar-refractivity contribution >= 4 is 35.0 Å². The van der Waals surface area contributed by atoms with E-state index in [2.05, 4.69) is 15.8 Å². The smallest absolute Gasteiger partial charge is 0.324 e. The highest BCUT2D eigenvalue weighted by Gasteiger charge is 2.38. The minimum Gasteiger partial charge on any atom is -0.359 e. The van der Waals surface area contributed by atoms with Crippen molar-refractivity contribution < 1.29 is 18.9 Å². The van der Waals surface area contributed by atoms with Gasteiger partial charge in [-0.05, 0) is 37.1 Å². The van der Waals surface area contributed by atoms with Crippen LogP contribution < -0.4 is 15.5 Å². The molecule has 2 aliphatic rings. The van der Waals surface area contributed by atoms with E-state index in [1.807, 2.05) is 26.8 Å². The first-order valence-corrected chi connectivity index (χ1v) is 9.68. The molecule has 1 aliphatic heterocycles. The van der Waals surface area contributed by atoms with Gasteiger partial charge in [0.1, 0.15) is 5.76 Å². The Bertz CT molecular complexity index is 1090. The minimum atomic E-state index is -0.480. The first-order valence-electron chi connectivity index (χ1n) is 9.68. The van der Waals surface area contributed by atoms with E-state index < -0.39 is 6.03 Å². The second-order valence-electron chi connectivity index (χ2n) is 8.23. The van der Waals surface area contributed by atoms with E-state index in [4.69, 9.17) is 4.52 Å². The highest BCUT2D eigenvalue weighted by Crippen LogP contribution is 2.33. The molecule has 0 atom stereocenters. The summed E-state index contributed by atoms with van der Waals surface area (Å²) in [7, 11) is 0. The van der Waals surface area contributed by atoms with Gasteiger partial charge in [-0.25, -0.2) is 9.69 Å². The monoisotopic (exact) mass is 406 g/mol. The molecular weight excluding hydrogens is 384 g/mol. The molecule has 0 saturated heterocycles. The fourth-order valence-corrected chi connectivity index (χ4v) is 3.33. The van der Waals surface area contributed by atoms with Crippen LogP contribution in [-0.4, -0.2) is 23.0 Å². The number of carbonyl (C=O) groups excluding carboxylic acids is 3. The Balaban J connectivity index is 1.41. The van der Waals surface area contributed by atoms with Crippen LogP contribution in [0, 0.1) is 0 Å². The van der Waals surface area contributed by atoms with Gasteiger partial charge in [0.15, 0.2) is 5.82 Å². The fraction of sp³-hybridized carbons (Fsp3) is 0.273. The number of nitrogens with one attached hydrogen (secondary N) is 2. The number of anilines is 3. The Labute approximate surface area is 173 Å². The molecule has 1 aromatic carbocycles. The molecule has 8 nitrogen and oxygen atoms in total. The molecular formula is C22H22N4O4. The SMILES string of the molecule is CC(C)(C)c1cc(NC(=O)Nc2ccc(N3C(=O)C4=C(CCC=C4)C3=O)cc2)no1. The van der Waals surface area contributed by atoms with E-state index >= 15 is 0 Å². The van der Waals surface area contributed by atoms with Gasteiger partial charge in [-0.3, -0.25) is 14.9 Å². The van der Waals surface area contributed by atoms with Crippen LogP contribution in [0.4, 0.5) is 22.0 Å². The predicted molar refractivity (Wildman–Crippen MR) is 112 cm³/mol. The van der Waals surface area contributed by atoms with Crippen molar-refractivity contribution in [1.29, 1.82) is 0 Å². The Hall–Kier alpha value is -3.68. The number of urea groups is 1. The van der Waals surface area contributed by atoms with Crippen LogP contribution in [0.3, 0.4) is 0 Å². The topological polar surface area (TPSA) is 105 Å². The van der Waals surface area contributed by atoms with Gasteiger partial charge in [-0.2, -0.15) is 0 Å². The summed E-state index contributed by atoms with van der Waals surface area (Å²) < 4.78 is 5.24. The molecule has 0 saturated carbocycles. The molecule has 154 valence electrons. The lowest BCUT2D eigenvalue weighted by atomic mass is 9.93. The number of imide groups is 1. The zero-order chi connectivity index (χ0) is 21.5. The summed E-state index contributed by atoms with van der Waals surface area (Å²) in [5.41, 5.74) is 1.78. The van der Waals surface area contributed by atoms with Gasteiger partial charge in [0.05, 0.1) is 5.69 Å². The highest BCUT2D eigenvalue weighted by molar-refractivity contribution is 6.34. The molecule has 30 heavy (non-hydrogen) atoms. The number of hydrogen-bond acceptors (Lipinski definition) is 5. The predicted octanol–water partition coefficient (Wildman–Crippen LogP) is 4.14. The normalized spacial score (nSPS) is 16.2. The number of hydrogen-bond donors (Lipinski definition) is 2. The maximum absolute atomic E-state index is 12.6. The zero-order valence-electron chi connectivity index (χ0n) is 17.0. The van der Waals surface area contributed by atoms with Crippen molar-refractivity contribution in [2.24, 2.45) is 0 Å². The van der Waals surface area contributed by atoms with Crippen LogP contribution in [0.2, 0.25) is 0 Å². The summed E-state index contributed by atoms with van der Waals surface area (Å²) in [6, 6.07) is 7.71. The first-order chi connectivity index (χ1) is 14.2. The molecule has 0 unspecified atom stereocenters. The average Bonchev–Trinajstić information content (AvgIpc) is 3.26. The molecule has 4 amide bonds. The van der Waals surface area contributed by atoms with E-state index in [-0.39, 0.29) is 17.2 Å². The van der Waals surface area contributed by atoms with Crippen LogP contribution in [0.1, 0.15) is 39.4 Å². The van der Waals surface area contributed by atoms with E-state index in [1.54, 1.807) is 36.4 Å². The number of nitrogens with zero attached hydrogens (tertiary/aromatic N) is 2. The lowest BCUT2D eigenvalue weighted by molar-refractivity contribution is -0.120. The lowest BCUT2D eigenvalue weighted by Gasteiger charge is -2.15. The molecule has 0 bridgehead atoms. The molecule has 1 aliphatic carbocycles. The van der Waals surface area contributed by atoms with Crippen LogP contribution in [-0.2, 0) is 15.0 Å². The number of aromatic nitrogens is 1. The van der Waals surface area contributed by atoms with Gasteiger partial charge in [0.25, 0.3) is 11.8 Å². The van der Waals surface area contributed by atoms with Crippen molar-refractivity contribution in [2.45, 2.75) is 39.0 Å². The summed E-state index contributed by atoms with van der Waals surface area (Å²) in [6.07, 6.45) is 4.95. The fourth-order valence-electron chi connectivity index (χ4n) is 3.33. The third-order valence-electron chi connectivity index (χ3n) is 4.94. The Morgan fingerprint density at radius 1 is 1.10 bits per heavy atom. The summed E-state index contributed by atoms with van der Waals surface area (Å²) in [5.74, 6) is 0.379. The summed E-state index contributed by atoms with van der Waals surface area (Å²) >= 11 is 0. The molecule has 0 spiro atoms. The number of rotatable bonds is 3. The number of amides is 4. The van der Waals surface area contributed by atoms with Crippen molar-refractivity contribution in [3.8, 4) is 0 Å². The third-order valence-corrected chi connectivity index (χ3v) is 4.94. The van der Waals surface area contributed by atoms with Gasteiger partial charge < -0.3 is 9.84 Å². The Morgan fingerprint density at radius 2 is 1.83 bits per heavy atom. The molecule has 2 heterocycles. The van der Waals surface area contributed by atoms with Gasteiger partial charge >= 0.3 is 6.03 Å². The van der Waals surface area contributed by atoms with Gasteiger partial charge in [-0.1, -0.05) is 38.1 Å². The minimum absolute atomic E-state index is 0.215. The van der Waals surface area contributed by atoms with E-state index in [1.165, 1.54) is 4.90 Å². The molecule has 4 rings (SSSR count). The van der Waals surface area contributed by atoms with Crippen molar-refractivity contribution in [3.63, 3.8) is 0 Å².